The van der Waals surface area contributed by atoms with Crippen LogP contribution in [0.25, 0.3) is 0 Å². The van der Waals surface area contributed by atoms with E-state index < -0.39 is 5.25 Å². The smallest absolute Gasteiger partial charge is 0.239 e. The summed E-state index contributed by atoms with van der Waals surface area (Å²) in [6.07, 6.45) is 0. The molecule has 0 fully saturated rings. The second kappa shape index (κ2) is 8.78. The summed E-state index contributed by atoms with van der Waals surface area (Å²) in [5.74, 6) is -0.109. The Morgan fingerprint density at radius 1 is 1.22 bits per heavy atom. The number of halogens is 2. The van der Waals surface area contributed by atoms with Gasteiger partial charge in [0.05, 0.1) is 28.0 Å². The van der Waals surface area contributed by atoms with Gasteiger partial charge in [0.1, 0.15) is 5.25 Å². The van der Waals surface area contributed by atoms with Crippen molar-refractivity contribution in [1.82, 2.24) is 10.3 Å². The van der Waals surface area contributed by atoms with Crippen LogP contribution in [0.15, 0.2) is 58.6 Å². The third-order valence-electron chi connectivity index (χ3n) is 3.89. The van der Waals surface area contributed by atoms with Gasteiger partial charge in [0.2, 0.25) is 5.91 Å². The van der Waals surface area contributed by atoms with E-state index >= 15 is 0 Å². The molecule has 1 unspecified atom stereocenters. The second-order valence-electron chi connectivity index (χ2n) is 5.89. The van der Waals surface area contributed by atoms with Gasteiger partial charge in [-0.15, -0.1) is 0 Å². The van der Waals surface area contributed by atoms with Crippen LogP contribution in [0.5, 0.6) is 0 Å². The molecule has 1 atom stereocenters. The molecule has 140 valence electrons. The van der Waals surface area contributed by atoms with Crippen LogP contribution >= 0.6 is 35.0 Å². The number of rotatable bonds is 4. The number of hydrogen-bond donors (Lipinski definition) is 1. The van der Waals surface area contributed by atoms with Gasteiger partial charge in [-0.2, -0.15) is 5.10 Å². The zero-order valence-electron chi connectivity index (χ0n) is 14.8. The maximum atomic E-state index is 12.2. The fourth-order valence-corrected chi connectivity index (χ4v) is 3.85. The van der Waals surface area contributed by atoms with Crippen LogP contribution in [0.3, 0.4) is 0 Å². The summed E-state index contributed by atoms with van der Waals surface area (Å²) in [5, 5.41) is 10.2. The van der Waals surface area contributed by atoms with E-state index in [0.29, 0.717) is 27.4 Å². The highest BCUT2D eigenvalue weighted by Gasteiger charge is 2.31. The molecule has 1 amide bonds. The Hall–Kier alpha value is -2.02. The molecule has 2 aromatic rings. The van der Waals surface area contributed by atoms with E-state index in [9.17, 15) is 4.79 Å². The van der Waals surface area contributed by atoms with Crippen molar-refractivity contribution in [3.8, 4) is 0 Å². The molecule has 5 nitrogen and oxygen atoms in total. The summed E-state index contributed by atoms with van der Waals surface area (Å²) >= 11 is 13.5. The van der Waals surface area contributed by atoms with E-state index in [-0.39, 0.29) is 5.91 Å². The summed E-state index contributed by atoms with van der Waals surface area (Å²) in [5.41, 5.74) is 2.47. The molecule has 0 saturated carbocycles. The van der Waals surface area contributed by atoms with Crippen molar-refractivity contribution in [2.45, 2.75) is 18.7 Å². The topological polar surface area (TPSA) is 57.1 Å². The summed E-state index contributed by atoms with van der Waals surface area (Å²) in [7, 11) is 1.61. The molecule has 0 aliphatic carbocycles. The number of nitrogens with one attached hydrogen (secondary N) is 1. The first kappa shape index (κ1) is 19.7. The molecule has 8 heteroatoms. The van der Waals surface area contributed by atoms with Crippen LogP contribution in [-0.2, 0) is 11.3 Å². The van der Waals surface area contributed by atoms with Gasteiger partial charge in [-0.3, -0.25) is 4.79 Å². The van der Waals surface area contributed by atoms with Gasteiger partial charge >= 0.3 is 0 Å². The highest BCUT2D eigenvalue weighted by molar-refractivity contribution is 8.15. The SMILES string of the molecule is CNC(=O)C1SC(=Nc2ccc(Cl)c(Cl)c2)N(Cc2ccccc2)N=C1C. The molecule has 0 aromatic heterocycles. The van der Waals surface area contributed by atoms with Crippen LogP contribution in [0, 0.1) is 0 Å². The van der Waals surface area contributed by atoms with Crippen molar-refractivity contribution in [3.63, 3.8) is 0 Å². The minimum Gasteiger partial charge on any atom is -0.358 e. The quantitative estimate of drug-likeness (QED) is 0.777. The van der Waals surface area contributed by atoms with Gasteiger partial charge in [0.25, 0.3) is 0 Å². The summed E-state index contributed by atoms with van der Waals surface area (Å²) in [6, 6.07) is 15.1. The zero-order valence-corrected chi connectivity index (χ0v) is 17.1. The number of carbonyl (C=O) groups is 1. The first-order valence-corrected chi connectivity index (χ1v) is 9.90. The predicted octanol–water partition coefficient (Wildman–Crippen LogP) is 4.72. The third-order valence-corrected chi connectivity index (χ3v) is 5.93. The van der Waals surface area contributed by atoms with Crippen LogP contribution in [0.2, 0.25) is 10.0 Å². The lowest BCUT2D eigenvalue weighted by Crippen LogP contribution is -2.42. The largest absolute Gasteiger partial charge is 0.358 e. The van der Waals surface area contributed by atoms with Gasteiger partial charge in [0, 0.05) is 7.05 Å². The number of aliphatic imine (C=N–C) groups is 1. The lowest BCUT2D eigenvalue weighted by Gasteiger charge is -2.29. The fraction of sp³-hybridized carbons (Fsp3) is 0.211. The van der Waals surface area contributed by atoms with Gasteiger partial charge in [-0.25, -0.2) is 10.0 Å². The lowest BCUT2D eigenvalue weighted by atomic mass is 10.2. The van der Waals surface area contributed by atoms with Crippen LogP contribution in [0.4, 0.5) is 5.69 Å². The molecule has 0 spiro atoms. The number of amides is 1. The Morgan fingerprint density at radius 3 is 2.63 bits per heavy atom. The van der Waals surface area contributed by atoms with E-state index in [1.807, 2.05) is 37.3 Å². The van der Waals surface area contributed by atoms with E-state index in [1.165, 1.54) is 11.8 Å². The number of hydrogen-bond acceptors (Lipinski definition) is 4. The normalized spacial score (nSPS) is 18.4. The van der Waals surface area contributed by atoms with E-state index in [4.69, 9.17) is 23.2 Å². The van der Waals surface area contributed by atoms with Crippen molar-refractivity contribution in [1.29, 1.82) is 0 Å². The number of nitrogens with zero attached hydrogens (tertiary/aromatic N) is 3. The number of thioether (sulfide) groups is 1. The monoisotopic (exact) mass is 420 g/mol. The molecule has 1 N–H and O–H groups in total. The van der Waals surface area contributed by atoms with E-state index in [2.05, 4.69) is 15.4 Å². The molecular weight excluding hydrogens is 403 g/mol. The van der Waals surface area contributed by atoms with Gasteiger partial charge < -0.3 is 5.32 Å². The van der Waals surface area contributed by atoms with Crippen LogP contribution in [0.1, 0.15) is 12.5 Å². The van der Waals surface area contributed by atoms with E-state index in [0.717, 1.165) is 11.3 Å². The second-order valence-corrected chi connectivity index (χ2v) is 7.78. The van der Waals surface area contributed by atoms with Crippen molar-refractivity contribution in [3.05, 3.63) is 64.1 Å². The summed E-state index contributed by atoms with van der Waals surface area (Å²) in [4.78, 5) is 16.9. The molecule has 1 heterocycles. The number of amidine groups is 1. The number of benzene rings is 2. The first-order valence-electron chi connectivity index (χ1n) is 8.26. The van der Waals surface area contributed by atoms with Crippen molar-refractivity contribution < 1.29 is 4.79 Å². The zero-order chi connectivity index (χ0) is 19.4. The standard InChI is InChI=1S/C19H18Cl2N4OS/c1-12-17(18(26)22-2)27-19(23-14-8-9-15(20)16(21)10-14)25(24-12)11-13-6-4-3-5-7-13/h3-10,17H,11H2,1-2H3,(H,22,26). The van der Waals surface area contributed by atoms with Crippen molar-refractivity contribution >= 4 is 57.4 Å². The van der Waals surface area contributed by atoms with Crippen molar-refractivity contribution in [2.24, 2.45) is 10.1 Å². The van der Waals surface area contributed by atoms with Crippen LogP contribution < -0.4 is 5.32 Å². The molecule has 0 radical (unpaired) electrons. The molecule has 1 aliphatic rings. The van der Waals surface area contributed by atoms with Crippen LogP contribution in [-0.4, -0.2) is 34.1 Å². The van der Waals surface area contributed by atoms with Gasteiger partial charge in [-0.1, -0.05) is 65.3 Å². The summed E-state index contributed by atoms with van der Waals surface area (Å²) in [6.45, 7) is 2.40. The maximum absolute atomic E-state index is 12.2. The average molecular weight is 421 g/mol. The molecule has 1 aliphatic heterocycles. The fourth-order valence-electron chi connectivity index (χ4n) is 2.52. The third kappa shape index (κ3) is 4.83. The Kier molecular flexibility index (Phi) is 6.42. The lowest BCUT2D eigenvalue weighted by molar-refractivity contribution is -0.119. The Balaban J connectivity index is 1.98. The molecular formula is C19H18Cl2N4OS. The average Bonchev–Trinajstić information content (AvgIpc) is 2.67. The highest BCUT2D eigenvalue weighted by atomic mass is 35.5. The molecule has 27 heavy (non-hydrogen) atoms. The number of carbonyl (C=O) groups excluding carboxylic acids is 1. The Morgan fingerprint density at radius 2 is 1.96 bits per heavy atom. The minimum absolute atomic E-state index is 0.109. The molecule has 2 aromatic carbocycles. The van der Waals surface area contributed by atoms with Gasteiger partial charge in [0.15, 0.2) is 5.17 Å². The summed E-state index contributed by atoms with van der Waals surface area (Å²) < 4.78 is 0. The predicted molar refractivity (Wildman–Crippen MR) is 114 cm³/mol. The Labute approximate surface area is 172 Å². The maximum Gasteiger partial charge on any atom is 0.239 e. The van der Waals surface area contributed by atoms with Gasteiger partial charge in [-0.05, 0) is 30.7 Å². The minimum atomic E-state index is -0.427. The molecule has 0 bridgehead atoms. The molecule has 0 saturated heterocycles. The molecule has 3 rings (SSSR count). The number of hydrazone groups is 1. The van der Waals surface area contributed by atoms with E-state index in [1.54, 1.807) is 30.3 Å². The Bertz CT molecular complexity index is 902. The highest BCUT2D eigenvalue weighted by Crippen LogP contribution is 2.31. The van der Waals surface area contributed by atoms with Crippen molar-refractivity contribution in [2.75, 3.05) is 7.05 Å². The first-order chi connectivity index (χ1) is 13.0.